The van der Waals surface area contributed by atoms with Gasteiger partial charge < -0.3 is 49.7 Å². The van der Waals surface area contributed by atoms with Crippen molar-refractivity contribution >= 4 is 63.0 Å². The van der Waals surface area contributed by atoms with Crippen LogP contribution in [0.3, 0.4) is 0 Å². The third-order valence-corrected chi connectivity index (χ3v) is 15.7. The molecule has 10 rings (SSSR count). The van der Waals surface area contributed by atoms with Crippen LogP contribution in [0.25, 0.3) is 27.6 Å². The first-order valence-corrected chi connectivity index (χ1v) is 26.3. The van der Waals surface area contributed by atoms with Gasteiger partial charge in [-0.3, -0.25) is 9.59 Å². The van der Waals surface area contributed by atoms with Gasteiger partial charge in [-0.05, 0) is 115 Å². The zero-order valence-corrected chi connectivity index (χ0v) is 43.4. The van der Waals surface area contributed by atoms with Crippen molar-refractivity contribution in [1.82, 2.24) is 40.4 Å². The fourth-order valence-corrected chi connectivity index (χ4v) is 11.8. The SMILES string of the molecule is COC(=O)N[C@H](C(=O)N1CCCC1c1nc2ccc([C@H]3CC[C@H](c4ccc5nc([C@@H]6CCCN6C(=O)[C@@H](NC(=O)OC)C(C)C)[nH]c5c4)N3c3cc(F)c(N4CC=C(c5ccccc5)CC4)c(F)c3)cc2[nH]1)C(C)C. The molecule has 0 bridgehead atoms. The lowest BCUT2D eigenvalue weighted by Gasteiger charge is -2.35. The smallest absolute Gasteiger partial charge is 0.407 e. The molecule has 0 aliphatic carbocycles. The highest BCUT2D eigenvalue weighted by Gasteiger charge is 2.41. The number of rotatable bonds is 13. The van der Waals surface area contributed by atoms with E-state index in [1.54, 1.807) is 14.7 Å². The first-order valence-electron chi connectivity index (χ1n) is 26.3. The highest BCUT2D eigenvalue weighted by Crippen LogP contribution is 2.49. The summed E-state index contributed by atoms with van der Waals surface area (Å²) in [4.78, 5) is 76.9. The van der Waals surface area contributed by atoms with Gasteiger partial charge in [0.1, 0.15) is 29.4 Å². The van der Waals surface area contributed by atoms with Crippen LogP contribution in [0.4, 0.5) is 29.7 Å². The maximum atomic E-state index is 16.8. The zero-order chi connectivity index (χ0) is 52.7. The highest BCUT2D eigenvalue weighted by atomic mass is 19.1. The molecule has 6 heterocycles. The summed E-state index contributed by atoms with van der Waals surface area (Å²) in [5.41, 5.74) is 7.46. The summed E-state index contributed by atoms with van der Waals surface area (Å²) in [5, 5.41) is 5.43. The third kappa shape index (κ3) is 10.1. The molecule has 4 N–H and O–H groups in total. The average molecular weight is 1030 g/mol. The van der Waals surface area contributed by atoms with Gasteiger partial charge in [0.05, 0.1) is 60.5 Å². The number of alkyl carbamates (subject to hydrolysis) is 2. The number of aromatic nitrogens is 4. The standard InChI is InChI=1S/C57H66F2N10O6/c1-32(2)49(64-56(72)74-5)54(70)67-24-10-14-47(67)52-60-41-18-16-36(28-43(41)62-52)45-20-21-46(69(45)38-30-39(58)51(40(59)31-38)66-26-22-35(23-27-66)34-12-8-7-9-13-34)37-17-19-42-44(29-37)63-53(61-42)48-15-11-25-68(48)55(71)50(33(3)4)65-57(73)75-6/h7-9,12-13,16-19,22,28-33,45-50H,10-11,14-15,20-21,23-27H2,1-6H3,(H,60,62)(H,61,63)(H,64,72)(H,65,73)/t45-,46-,47+,48?,49+,50+/m1/s1. The van der Waals surface area contributed by atoms with Gasteiger partial charge >= 0.3 is 12.2 Å². The van der Waals surface area contributed by atoms with E-state index in [2.05, 4.69) is 49.8 Å². The molecular weight excluding hydrogens is 959 g/mol. The van der Waals surface area contributed by atoms with E-state index in [0.717, 1.165) is 57.2 Å². The molecule has 4 aromatic carbocycles. The van der Waals surface area contributed by atoms with Crippen LogP contribution in [-0.2, 0) is 19.1 Å². The number of hydrogen-bond acceptors (Lipinski definition) is 10. The molecule has 2 aromatic heterocycles. The van der Waals surface area contributed by atoms with Crippen molar-refractivity contribution in [3.05, 3.63) is 125 Å². The molecule has 394 valence electrons. The number of methoxy groups -OCH3 is 2. The van der Waals surface area contributed by atoms with E-state index in [1.165, 1.54) is 26.4 Å². The Kier molecular flexibility index (Phi) is 14.5. The number of anilines is 2. The van der Waals surface area contributed by atoms with Crippen LogP contribution in [0.15, 0.2) is 84.9 Å². The molecule has 1 unspecified atom stereocenters. The lowest BCUT2D eigenvalue weighted by Crippen LogP contribution is -2.51. The van der Waals surface area contributed by atoms with Crippen LogP contribution < -0.4 is 20.4 Å². The molecule has 3 saturated heterocycles. The van der Waals surface area contributed by atoms with Crippen molar-refractivity contribution in [1.29, 1.82) is 0 Å². The summed E-state index contributed by atoms with van der Waals surface area (Å²) in [6.07, 6.45) is 5.63. The Morgan fingerprint density at radius 2 is 1.13 bits per heavy atom. The molecule has 4 amide bonds. The number of H-pyrrole nitrogens is 2. The fourth-order valence-electron chi connectivity index (χ4n) is 11.8. The van der Waals surface area contributed by atoms with Crippen molar-refractivity contribution in [3.63, 3.8) is 0 Å². The minimum Gasteiger partial charge on any atom is -0.453 e. The number of amides is 4. The second kappa shape index (κ2) is 21.4. The first-order chi connectivity index (χ1) is 36.2. The molecule has 0 radical (unpaired) electrons. The monoisotopic (exact) mass is 1020 g/mol. The van der Waals surface area contributed by atoms with Crippen molar-refractivity contribution in [2.75, 3.05) is 50.2 Å². The maximum Gasteiger partial charge on any atom is 0.407 e. The van der Waals surface area contributed by atoms with Crippen LogP contribution in [0.1, 0.15) is 125 Å². The van der Waals surface area contributed by atoms with Crippen molar-refractivity contribution in [3.8, 4) is 0 Å². The van der Waals surface area contributed by atoms with E-state index in [1.807, 2.05) is 76.2 Å². The predicted molar refractivity (Wildman–Crippen MR) is 283 cm³/mol. The van der Waals surface area contributed by atoms with Gasteiger partial charge in [-0.1, -0.05) is 76.2 Å². The quantitative estimate of drug-likeness (QED) is 0.0869. The number of nitrogens with one attached hydrogen (secondary N) is 4. The van der Waals surface area contributed by atoms with Crippen LogP contribution in [0.2, 0.25) is 0 Å². The van der Waals surface area contributed by atoms with Gasteiger partial charge in [0.2, 0.25) is 11.8 Å². The average Bonchev–Trinajstić information content (AvgIpc) is 4.28. The maximum absolute atomic E-state index is 16.8. The molecule has 18 heteroatoms. The Hall–Kier alpha value is -7.50. The number of halogens is 2. The molecule has 3 fully saturated rings. The Morgan fingerprint density at radius 3 is 1.57 bits per heavy atom. The topological polar surface area (TPSA) is 181 Å². The second-order valence-electron chi connectivity index (χ2n) is 21.0. The lowest BCUT2D eigenvalue weighted by atomic mass is 9.99. The number of carbonyl (C=O) groups is 4. The third-order valence-electron chi connectivity index (χ3n) is 15.7. The fraction of sp³-hybridized carbons (Fsp3) is 0.439. The summed E-state index contributed by atoms with van der Waals surface area (Å²) in [5.74, 6) is -0.732. The predicted octanol–water partition coefficient (Wildman–Crippen LogP) is 10.2. The molecule has 16 nitrogen and oxygen atoms in total. The van der Waals surface area contributed by atoms with E-state index >= 15 is 8.78 Å². The number of aromatic amines is 2. The largest absolute Gasteiger partial charge is 0.453 e. The van der Waals surface area contributed by atoms with Gasteiger partial charge in [0, 0.05) is 31.9 Å². The van der Waals surface area contributed by atoms with Gasteiger partial charge in [-0.25, -0.2) is 28.3 Å². The number of hydrogen-bond donors (Lipinski definition) is 4. The number of carbonyl (C=O) groups excluding carboxylic acids is 4. The van der Waals surface area contributed by atoms with Gasteiger partial charge in [0.25, 0.3) is 0 Å². The number of fused-ring (bicyclic) bond motifs is 2. The van der Waals surface area contributed by atoms with Crippen molar-refractivity contribution < 1.29 is 37.4 Å². The van der Waals surface area contributed by atoms with Crippen LogP contribution in [0.5, 0.6) is 0 Å². The van der Waals surface area contributed by atoms with Gasteiger partial charge in [-0.15, -0.1) is 0 Å². The molecule has 4 aliphatic rings. The Labute approximate surface area is 435 Å². The van der Waals surface area contributed by atoms with E-state index in [4.69, 9.17) is 19.4 Å². The normalized spacial score (nSPS) is 20.8. The summed E-state index contributed by atoms with van der Waals surface area (Å²) in [7, 11) is 2.55. The minimum atomic E-state index is -0.770. The molecule has 75 heavy (non-hydrogen) atoms. The number of benzene rings is 4. The summed E-state index contributed by atoms with van der Waals surface area (Å²) >= 11 is 0. The first kappa shape index (κ1) is 51.0. The Bertz CT molecular complexity index is 2970. The van der Waals surface area contributed by atoms with Crippen LogP contribution >= 0.6 is 0 Å². The zero-order valence-electron chi connectivity index (χ0n) is 43.4. The van der Waals surface area contributed by atoms with Crippen molar-refractivity contribution in [2.45, 2.75) is 109 Å². The highest BCUT2D eigenvalue weighted by molar-refractivity contribution is 5.88. The second-order valence-corrected chi connectivity index (χ2v) is 21.0. The number of ether oxygens (including phenoxy) is 2. The van der Waals surface area contributed by atoms with Gasteiger partial charge in [-0.2, -0.15) is 0 Å². The van der Waals surface area contributed by atoms with Crippen LogP contribution in [-0.4, -0.2) is 106 Å². The molecule has 4 aliphatic heterocycles. The number of nitrogens with zero attached hydrogens (tertiary/aromatic N) is 6. The molecule has 0 spiro atoms. The van der Waals surface area contributed by atoms with E-state index in [0.29, 0.717) is 75.6 Å². The van der Waals surface area contributed by atoms with E-state index in [9.17, 15) is 19.2 Å². The molecule has 6 aromatic rings. The van der Waals surface area contributed by atoms with Crippen LogP contribution in [0, 0.1) is 23.5 Å². The van der Waals surface area contributed by atoms with E-state index in [-0.39, 0.29) is 53.5 Å². The lowest BCUT2D eigenvalue weighted by molar-refractivity contribution is -0.136. The van der Waals surface area contributed by atoms with Gasteiger partial charge in [0.15, 0.2) is 11.6 Å². The minimum absolute atomic E-state index is 0.0484. The Balaban J connectivity index is 0.973. The summed E-state index contributed by atoms with van der Waals surface area (Å²) in [6.45, 7) is 9.40. The molecular formula is C57H66F2N10O6. The Morgan fingerprint density at radius 1 is 0.640 bits per heavy atom. The number of likely N-dealkylation sites (tertiary alicyclic amines) is 2. The molecule has 0 saturated carbocycles. The van der Waals surface area contributed by atoms with Crippen molar-refractivity contribution in [2.24, 2.45) is 11.8 Å². The number of imidazole rings is 2. The molecule has 6 atom stereocenters. The summed E-state index contributed by atoms with van der Waals surface area (Å²) in [6, 6.07) is 22.2. The summed E-state index contributed by atoms with van der Waals surface area (Å²) < 4.78 is 43.3. The van der Waals surface area contributed by atoms with E-state index < -0.39 is 35.9 Å².